The second-order valence-electron chi connectivity index (χ2n) is 7.07. The Labute approximate surface area is 150 Å². The molecular weight excluding hydrogens is 316 g/mol. The van der Waals surface area contributed by atoms with Crippen LogP contribution in [0.2, 0.25) is 0 Å². The molecule has 3 N–H and O–H groups in total. The Balaban J connectivity index is 1.84. The lowest BCUT2D eigenvalue weighted by molar-refractivity contribution is -0.133. The molecule has 25 heavy (non-hydrogen) atoms. The molecule has 0 radical (unpaired) electrons. The van der Waals surface area contributed by atoms with E-state index in [4.69, 9.17) is 5.73 Å². The Kier molecular flexibility index (Phi) is 6.42. The second kappa shape index (κ2) is 8.34. The van der Waals surface area contributed by atoms with Crippen LogP contribution in [0.25, 0.3) is 0 Å². The largest absolute Gasteiger partial charge is 0.368 e. The van der Waals surface area contributed by atoms with Gasteiger partial charge in [-0.1, -0.05) is 26.0 Å². The molecule has 0 aromatic heterocycles. The highest BCUT2D eigenvalue weighted by atomic mass is 16.2. The number of piperazine rings is 1. The molecule has 0 unspecified atom stereocenters. The summed E-state index contributed by atoms with van der Waals surface area (Å²) in [4.78, 5) is 28.3. The lowest BCUT2D eigenvalue weighted by Crippen LogP contribution is -2.53. The molecule has 2 rings (SSSR count). The zero-order chi connectivity index (χ0) is 18.6. The number of nitrogens with zero attached hydrogens (tertiary/aromatic N) is 2. The van der Waals surface area contributed by atoms with Crippen molar-refractivity contribution in [2.24, 2.45) is 11.7 Å². The Bertz CT molecular complexity index is 622. The van der Waals surface area contributed by atoms with E-state index in [9.17, 15) is 9.59 Å². The summed E-state index contributed by atoms with van der Waals surface area (Å²) in [6.07, 6.45) is 0. The first-order valence-electron chi connectivity index (χ1n) is 8.93. The Hall–Kier alpha value is -2.08. The van der Waals surface area contributed by atoms with E-state index in [-0.39, 0.29) is 24.3 Å². The number of aryl methyl sites for hydroxylation is 1. The van der Waals surface area contributed by atoms with Gasteiger partial charge in [-0.05, 0) is 37.0 Å². The number of hydrogen-bond donors (Lipinski definition) is 2. The summed E-state index contributed by atoms with van der Waals surface area (Å²) in [6, 6.07) is 5.74. The third kappa shape index (κ3) is 4.72. The van der Waals surface area contributed by atoms with Gasteiger partial charge in [0.05, 0.1) is 12.6 Å². The van der Waals surface area contributed by atoms with Crippen molar-refractivity contribution in [3.05, 3.63) is 29.3 Å². The van der Waals surface area contributed by atoms with Gasteiger partial charge in [-0.2, -0.15) is 0 Å². The smallest absolute Gasteiger partial charge is 0.242 e. The Morgan fingerprint density at radius 2 is 1.80 bits per heavy atom. The first-order valence-corrected chi connectivity index (χ1v) is 8.93. The van der Waals surface area contributed by atoms with Gasteiger partial charge in [0.1, 0.15) is 0 Å². The van der Waals surface area contributed by atoms with Crippen LogP contribution < -0.4 is 16.0 Å². The average molecular weight is 346 g/mol. The fourth-order valence-corrected chi connectivity index (χ4v) is 2.97. The van der Waals surface area contributed by atoms with Gasteiger partial charge in [-0.25, -0.2) is 0 Å². The van der Waals surface area contributed by atoms with E-state index in [1.807, 2.05) is 18.7 Å². The Morgan fingerprint density at radius 1 is 1.16 bits per heavy atom. The van der Waals surface area contributed by atoms with Crippen LogP contribution in [0.4, 0.5) is 5.69 Å². The van der Waals surface area contributed by atoms with Crippen molar-refractivity contribution in [3.63, 3.8) is 0 Å². The van der Waals surface area contributed by atoms with E-state index < -0.39 is 6.04 Å². The number of nitrogens with two attached hydrogens (primary N) is 1. The van der Waals surface area contributed by atoms with E-state index >= 15 is 0 Å². The number of amides is 2. The van der Waals surface area contributed by atoms with Gasteiger partial charge in [-0.15, -0.1) is 0 Å². The highest BCUT2D eigenvalue weighted by Gasteiger charge is 2.23. The first kappa shape index (κ1) is 19.2. The fraction of sp³-hybridized carbons (Fsp3) is 0.579. The normalized spacial score (nSPS) is 16.1. The highest BCUT2D eigenvalue weighted by molar-refractivity contribution is 5.87. The maximum absolute atomic E-state index is 12.3. The molecule has 0 bridgehead atoms. The molecule has 1 atom stereocenters. The van der Waals surface area contributed by atoms with Gasteiger partial charge in [0.15, 0.2) is 0 Å². The van der Waals surface area contributed by atoms with E-state index in [0.717, 1.165) is 13.1 Å². The van der Waals surface area contributed by atoms with Gasteiger partial charge in [0.25, 0.3) is 0 Å². The summed E-state index contributed by atoms with van der Waals surface area (Å²) in [7, 11) is 0. The van der Waals surface area contributed by atoms with Crippen molar-refractivity contribution in [2.75, 3.05) is 37.6 Å². The number of hydrogen-bond acceptors (Lipinski definition) is 4. The van der Waals surface area contributed by atoms with E-state index in [2.05, 4.69) is 42.3 Å². The monoisotopic (exact) mass is 346 g/mol. The molecule has 6 heteroatoms. The molecule has 1 aromatic carbocycles. The standard InChI is InChI=1S/C19H30N4O2/c1-13(2)18(20)19(25)21-12-17(24)23-10-8-22(9-11-23)16-7-5-6-14(3)15(16)4/h5-7,13,18H,8-12,20H2,1-4H3,(H,21,25)/t18-/m0/s1. The van der Waals surface area contributed by atoms with Crippen LogP contribution in [-0.2, 0) is 9.59 Å². The van der Waals surface area contributed by atoms with Gasteiger partial charge < -0.3 is 20.9 Å². The van der Waals surface area contributed by atoms with Crippen LogP contribution in [0, 0.1) is 19.8 Å². The molecule has 0 saturated carbocycles. The molecule has 1 fully saturated rings. The predicted octanol–water partition coefficient (Wildman–Crippen LogP) is 1.05. The van der Waals surface area contributed by atoms with Crippen molar-refractivity contribution in [3.8, 4) is 0 Å². The summed E-state index contributed by atoms with van der Waals surface area (Å²) in [5, 5.41) is 2.65. The van der Waals surface area contributed by atoms with Crippen LogP contribution >= 0.6 is 0 Å². The SMILES string of the molecule is Cc1cccc(N2CCN(C(=O)CNC(=O)[C@@H](N)C(C)C)CC2)c1C. The Morgan fingerprint density at radius 3 is 2.40 bits per heavy atom. The van der Waals surface area contributed by atoms with Crippen molar-refractivity contribution in [1.29, 1.82) is 0 Å². The molecule has 2 amide bonds. The predicted molar refractivity (Wildman–Crippen MR) is 101 cm³/mol. The number of carbonyl (C=O) groups is 2. The minimum absolute atomic E-state index is 0.0166. The average Bonchev–Trinajstić information content (AvgIpc) is 2.61. The second-order valence-corrected chi connectivity index (χ2v) is 7.07. The van der Waals surface area contributed by atoms with Gasteiger partial charge in [0, 0.05) is 31.9 Å². The molecule has 1 aliphatic rings. The van der Waals surface area contributed by atoms with Crippen LogP contribution in [0.1, 0.15) is 25.0 Å². The maximum atomic E-state index is 12.3. The number of anilines is 1. The summed E-state index contributed by atoms with van der Waals surface area (Å²) in [5.74, 6) is -0.265. The summed E-state index contributed by atoms with van der Waals surface area (Å²) in [5.41, 5.74) is 9.60. The minimum Gasteiger partial charge on any atom is -0.368 e. The molecule has 1 aliphatic heterocycles. The minimum atomic E-state index is -0.575. The molecule has 0 spiro atoms. The first-order chi connectivity index (χ1) is 11.8. The molecule has 138 valence electrons. The quantitative estimate of drug-likeness (QED) is 0.835. The molecule has 1 aromatic rings. The van der Waals surface area contributed by atoms with E-state index in [1.54, 1.807) is 0 Å². The van der Waals surface area contributed by atoms with E-state index in [0.29, 0.717) is 13.1 Å². The zero-order valence-electron chi connectivity index (χ0n) is 15.7. The van der Waals surface area contributed by atoms with Crippen LogP contribution in [-0.4, -0.2) is 55.5 Å². The zero-order valence-corrected chi connectivity index (χ0v) is 15.7. The topological polar surface area (TPSA) is 78.7 Å². The van der Waals surface area contributed by atoms with Crippen molar-refractivity contribution >= 4 is 17.5 Å². The third-order valence-electron chi connectivity index (χ3n) is 4.98. The molecule has 6 nitrogen and oxygen atoms in total. The third-order valence-corrected chi connectivity index (χ3v) is 4.98. The number of nitrogens with one attached hydrogen (secondary N) is 1. The maximum Gasteiger partial charge on any atom is 0.242 e. The summed E-state index contributed by atoms with van der Waals surface area (Å²) < 4.78 is 0. The lowest BCUT2D eigenvalue weighted by Gasteiger charge is -2.37. The number of benzene rings is 1. The van der Waals surface area contributed by atoms with Crippen molar-refractivity contribution in [1.82, 2.24) is 10.2 Å². The van der Waals surface area contributed by atoms with Gasteiger partial charge >= 0.3 is 0 Å². The van der Waals surface area contributed by atoms with Gasteiger partial charge in [0.2, 0.25) is 11.8 Å². The molecule has 1 saturated heterocycles. The lowest BCUT2D eigenvalue weighted by atomic mass is 10.1. The molecule has 0 aliphatic carbocycles. The number of carbonyl (C=O) groups excluding carboxylic acids is 2. The molecule has 1 heterocycles. The van der Waals surface area contributed by atoms with E-state index in [1.165, 1.54) is 16.8 Å². The van der Waals surface area contributed by atoms with Crippen LogP contribution in [0.5, 0.6) is 0 Å². The van der Waals surface area contributed by atoms with Crippen molar-refractivity contribution < 1.29 is 9.59 Å². The fourth-order valence-electron chi connectivity index (χ4n) is 2.97. The summed E-state index contributed by atoms with van der Waals surface area (Å²) >= 11 is 0. The van der Waals surface area contributed by atoms with Crippen LogP contribution in [0.15, 0.2) is 18.2 Å². The summed E-state index contributed by atoms with van der Waals surface area (Å²) in [6.45, 7) is 11.0. The van der Waals surface area contributed by atoms with Crippen LogP contribution in [0.3, 0.4) is 0 Å². The highest BCUT2D eigenvalue weighted by Crippen LogP contribution is 2.23. The number of rotatable bonds is 5. The van der Waals surface area contributed by atoms with Gasteiger partial charge in [-0.3, -0.25) is 9.59 Å². The van der Waals surface area contributed by atoms with Crippen molar-refractivity contribution in [2.45, 2.75) is 33.7 Å². The molecular formula is C19H30N4O2.